The minimum absolute atomic E-state index is 0.445. The van der Waals surface area contributed by atoms with E-state index in [1.165, 1.54) is 19.3 Å². The smallest absolute Gasteiger partial charge is 0.208 e. The van der Waals surface area contributed by atoms with Gasteiger partial charge in [-0.2, -0.15) is 0 Å². The Balaban J connectivity index is 1.97. The Morgan fingerprint density at radius 2 is 1.73 bits per heavy atom. The van der Waals surface area contributed by atoms with Crippen LogP contribution < -0.4 is 0 Å². The molecule has 1 N–H and O–H groups in total. The van der Waals surface area contributed by atoms with Crippen molar-refractivity contribution in [1.29, 1.82) is 0 Å². The predicted molar refractivity (Wildman–Crippen MR) is 122 cm³/mol. The molecule has 3 aromatic rings. The third-order valence-corrected chi connectivity index (χ3v) is 5.43. The molecule has 0 bridgehead atoms. The van der Waals surface area contributed by atoms with Crippen molar-refractivity contribution < 1.29 is 9.84 Å². The zero-order valence-corrected chi connectivity index (χ0v) is 18.1. The van der Waals surface area contributed by atoms with Gasteiger partial charge in [0.05, 0.1) is 5.52 Å². The number of aromatic nitrogens is 3. The number of aliphatic hydroxyl groups excluding tert-OH is 1. The third-order valence-electron chi connectivity index (χ3n) is 5.43. The molecule has 2 aromatic carbocycles. The maximum absolute atomic E-state index is 11.4. The molecule has 5 nitrogen and oxygen atoms in total. The van der Waals surface area contributed by atoms with Gasteiger partial charge in [-0.1, -0.05) is 92.8 Å². The first-order valence-corrected chi connectivity index (χ1v) is 11.1. The lowest BCUT2D eigenvalue weighted by atomic mass is 9.97. The number of ether oxygens (including phenoxy) is 1. The number of para-hydroxylation sites is 1. The van der Waals surface area contributed by atoms with E-state index in [0.29, 0.717) is 13.0 Å². The number of rotatable bonds is 12. The van der Waals surface area contributed by atoms with Crippen LogP contribution >= 0.6 is 0 Å². The molecule has 0 aliphatic rings. The molecule has 3 rings (SSSR count). The SMILES string of the molecule is CCCCCCCC(O)C(/C=C/c1ccccc1)(OCC)n1nnc2ccccc21. The van der Waals surface area contributed by atoms with Crippen LogP contribution in [0.4, 0.5) is 0 Å². The summed E-state index contributed by atoms with van der Waals surface area (Å²) in [7, 11) is 0. The second kappa shape index (κ2) is 11.0. The van der Waals surface area contributed by atoms with Gasteiger partial charge in [-0.3, -0.25) is 0 Å². The van der Waals surface area contributed by atoms with E-state index in [9.17, 15) is 5.11 Å². The maximum atomic E-state index is 11.4. The van der Waals surface area contributed by atoms with E-state index in [4.69, 9.17) is 4.74 Å². The topological polar surface area (TPSA) is 60.2 Å². The Morgan fingerprint density at radius 3 is 2.50 bits per heavy atom. The Bertz CT molecular complexity index is 922. The molecule has 5 heteroatoms. The van der Waals surface area contributed by atoms with Crippen LogP contribution in [0.5, 0.6) is 0 Å². The van der Waals surface area contributed by atoms with Gasteiger partial charge >= 0.3 is 0 Å². The lowest BCUT2D eigenvalue weighted by molar-refractivity contribution is -0.148. The third kappa shape index (κ3) is 5.15. The molecule has 0 spiro atoms. The number of hydrogen-bond donors (Lipinski definition) is 1. The van der Waals surface area contributed by atoms with Gasteiger partial charge in [-0.05, 0) is 37.1 Å². The van der Waals surface area contributed by atoms with Gasteiger partial charge in [-0.15, -0.1) is 5.10 Å². The van der Waals surface area contributed by atoms with Crippen molar-refractivity contribution >= 4 is 17.1 Å². The van der Waals surface area contributed by atoms with E-state index in [2.05, 4.69) is 17.2 Å². The zero-order chi connectivity index (χ0) is 21.2. The molecule has 30 heavy (non-hydrogen) atoms. The van der Waals surface area contributed by atoms with Crippen LogP contribution in [0.25, 0.3) is 17.1 Å². The lowest BCUT2D eigenvalue weighted by Crippen LogP contribution is -2.46. The summed E-state index contributed by atoms with van der Waals surface area (Å²) in [6, 6.07) is 17.8. The fourth-order valence-electron chi connectivity index (χ4n) is 3.81. The van der Waals surface area contributed by atoms with Gasteiger partial charge in [0.25, 0.3) is 0 Å². The minimum atomic E-state index is -1.12. The highest BCUT2D eigenvalue weighted by molar-refractivity contribution is 5.74. The molecule has 0 aliphatic heterocycles. The molecule has 0 amide bonds. The standard InChI is InChI=1S/C25H33N3O2/c1-3-5-6-7-11-18-24(29)25(30-4-2,20-19-21-14-9-8-10-15-21)28-23-17-13-12-16-22(23)26-27-28/h8-10,12-17,19-20,24,29H,3-7,11,18H2,1-2H3/b20-19+. The first-order chi connectivity index (χ1) is 14.7. The molecular weight excluding hydrogens is 374 g/mol. The van der Waals surface area contributed by atoms with Gasteiger partial charge < -0.3 is 9.84 Å². The van der Waals surface area contributed by atoms with Gasteiger partial charge in [0.2, 0.25) is 5.72 Å². The number of aliphatic hydroxyl groups is 1. The van der Waals surface area contributed by atoms with Crippen molar-refractivity contribution in [3.05, 3.63) is 66.2 Å². The number of fused-ring (bicyclic) bond motifs is 1. The average molecular weight is 408 g/mol. The second-order valence-corrected chi connectivity index (χ2v) is 7.64. The van der Waals surface area contributed by atoms with E-state index in [0.717, 1.165) is 29.4 Å². The van der Waals surface area contributed by atoms with Crippen molar-refractivity contribution in [2.75, 3.05) is 6.61 Å². The monoisotopic (exact) mass is 407 g/mol. The summed E-state index contributed by atoms with van der Waals surface area (Å²) in [5, 5.41) is 20.1. The van der Waals surface area contributed by atoms with Crippen LogP contribution in [0.1, 0.15) is 57.9 Å². The fraction of sp³-hybridized carbons (Fsp3) is 0.440. The summed E-state index contributed by atoms with van der Waals surface area (Å²) in [6.45, 7) is 4.59. The Labute approximate surface area is 179 Å². The van der Waals surface area contributed by atoms with E-state index < -0.39 is 11.8 Å². The maximum Gasteiger partial charge on any atom is 0.208 e. The highest BCUT2D eigenvalue weighted by Gasteiger charge is 2.40. The first kappa shape index (κ1) is 22.2. The average Bonchev–Trinajstić information content (AvgIpc) is 3.22. The molecule has 0 saturated heterocycles. The molecular formula is C25H33N3O2. The molecule has 160 valence electrons. The van der Waals surface area contributed by atoms with Gasteiger partial charge in [0.15, 0.2) is 0 Å². The first-order valence-electron chi connectivity index (χ1n) is 11.1. The van der Waals surface area contributed by atoms with Crippen LogP contribution in [0.3, 0.4) is 0 Å². The van der Waals surface area contributed by atoms with Crippen LogP contribution in [-0.2, 0) is 10.5 Å². The van der Waals surface area contributed by atoms with Crippen molar-refractivity contribution in [2.24, 2.45) is 0 Å². The molecule has 0 fully saturated rings. The quantitative estimate of drug-likeness (QED) is 0.400. The molecule has 0 aliphatic carbocycles. The lowest BCUT2D eigenvalue weighted by Gasteiger charge is -2.35. The highest BCUT2D eigenvalue weighted by atomic mass is 16.5. The number of hydrogen-bond acceptors (Lipinski definition) is 4. The largest absolute Gasteiger partial charge is 0.388 e. The summed E-state index contributed by atoms with van der Waals surface area (Å²) in [6.07, 6.45) is 9.49. The van der Waals surface area contributed by atoms with E-state index in [1.54, 1.807) is 4.68 Å². The van der Waals surface area contributed by atoms with Gasteiger partial charge in [-0.25, -0.2) is 4.68 Å². The van der Waals surface area contributed by atoms with Crippen LogP contribution in [0.15, 0.2) is 60.7 Å². The van der Waals surface area contributed by atoms with Crippen LogP contribution in [0, 0.1) is 0 Å². The second-order valence-electron chi connectivity index (χ2n) is 7.64. The Morgan fingerprint density at radius 1 is 1.00 bits per heavy atom. The summed E-state index contributed by atoms with van der Waals surface area (Å²) in [5.41, 5.74) is 1.55. The summed E-state index contributed by atoms with van der Waals surface area (Å²) < 4.78 is 8.01. The van der Waals surface area contributed by atoms with Crippen molar-refractivity contribution in [1.82, 2.24) is 15.0 Å². The van der Waals surface area contributed by atoms with Gasteiger partial charge in [0, 0.05) is 6.61 Å². The minimum Gasteiger partial charge on any atom is -0.388 e. The molecule has 1 aromatic heterocycles. The highest BCUT2D eigenvalue weighted by Crippen LogP contribution is 2.32. The zero-order valence-electron chi connectivity index (χ0n) is 18.1. The summed E-state index contributed by atoms with van der Waals surface area (Å²) in [4.78, 5) is 0. The van der Waals surface area contributed by atoms with Gasteiger partial charge in [0.1, 0.15) is 11.6 Å². The molecule has 2 unspecified atom stereocenters. The van der Waals surface area contributed by atoms with Crippen molar-refractivity contribution in [3.8, 4) is 0 Å². The molecule has 2 atom stereocenters. The van der Waals surface area contributed by atoms with E-state index in [1.807, 2.05) is 73.7 Å². The number of nitrogens with zero attached hydrogens (tertiary/aromatic N) is 3. The normalized spacial score (nSPS) is 14.9. The number of unbranched alkanes of at least 4 members (excludes halogenated alkanes) is 4. The summed E-state index contributed by atoms with van der Waals surface area (Å²) in [5.74, 6) is 0. The number of benzene rings is 2. The predicted octanol–water partition coefficient (Wildman–Crippen LogP) is 5.56. The van der Waals surface area contributed by atoms with E-state index >= 15 is 0 Å². The Hall–Kier alpha value is -2.50. The molecule has 0 saturated carbocycles. The fourth-order valence-corrected chi connectivity index (χ4v) is 3.81. The molecule has 0 radical (unpaired) electrons. The van der Waals surface area contributed by atoms with Crippen molar-refractivity contribution in [2.45, 2.75) is 64.2 Å². The molecule has 1 heterocycles. The van der Waals surface area contributed by atoms with Crippen LogP contribution in [0.2, 0.25) is 0 Å². The Kier molecular flexibility index (Phi) is 8.17. The van der Waals surface area contributed by atoms with E-state index in [-0.39, 0.29) is 0 Å². The van der Waals surface area contributed by atoms with Crippen LogP contribution in [-0.4, -0.2) is 32.8 Å². The van der Waals surface area contributed by atoms with Crippen molar-refractivity contribution in [3.63, 3.8) is 0 Å². The summed E-state index contributed by atoms with van der Waals surface area (Å²) >= 11 is 0.